The lowest BCUT2D eigenvalue weighted by Gasteiger charge is -2.31. The quantitative estimate of drug-likeness (QED) is 0.0919. The molecular formula is C34H48N6O6S2. The van der Waals surface area contributed by atoms with Gasteiger partial charge in [0.15, 0.2) is 0 Å². The second kappa shape index (κ2) is 18.1. The number of benzene rings is 2. The summed E-state index contributed by atoms with van der Waals surface area (Å²) < 4.78 is 28.7. The number of carbonyl (C=O) groups is 2. The molecule has 2 aromatic carbocycles. The molecule has 1 heterocycles. The number of nitrogens with one attached hydrogen (secondary N) is 2. The van der Waals surface area contributed by atoms with Crippen molar-refractivity contribution in [2.45, 2.75) is 83.5 Å². The zero-order valence-corrected chi connectivity index (χ0v) is 30.0. The number of sulfonamides is 1. The van der Waals surface area contributed by atoms with Crippen LogP contribution in [0, 0.1) is 5.92 Å². The fourth-order valence-corrected chi connectivity index (χ4v) is 7.39. The summed E-state index contributed by atoms with van der Waals surface area (Å²) in [6, 6.07) is 12.9. The van der Waals surface area contributed by atoms with Gasteiger partial charge in [-0.05, 0) is 49.4 Å². The fourth-order valence-electron chi connectivity index (χ4n) is 4.94. The molecule has 0 aliphatic heterocycles. The molecule has 3 amide bonds. The molecule has 0 radical (unpaired) electrons. The second-order valence-corrected chi connectivity index (χ2v) is 15.2. The zero-order valence-electron chi connectivity index (χ0n) is 28.4. The maximum absolute atomic E-state index is 13.8. The number of oxime groups is 1. The molecule has 0 spiro atoms. The van der Waals surface area contributed by atoms with Gasteiger partial charge >= 0.3 is 6.03 Å². The van der Waals surface area contributed by atoms with Crippen LogP contribution in [-0.4, -0.2) is 88.9 Å². The van der Waals surface area contributed by atoms with Crippen molar-refractivity contribution in [3.05, 3.63) is 81.8 Å². The Hall–Kier alpha value is -3.85. The molecule has 0 fully saturated rings. The number of thiazole rings is 1. The number of aliphatic hydroxyl groups excluding tert-OH is 1. The van der Waals surface area contributed by atoms with Crippen LogP contribution in [-0.2, 0) is 27.8 Å². The van der Waals surface area contributed by atoms with Crippen molar-refractivity contribution in [1.29, 1.82) is 0 Å². The number of urea groups is 1. The number of hydrogen-bond donors (Lipinski definition) is 4. The molecule has 0 saturated carbocycles. The highest BCUT2D eigenvalue weighted by atomic mass is 32.2. The van der Waals surface area contributed by atoms with E-state index in [9.17, 15) is 23.1 Å². The topological polar surface area (TPSA) is 165 Å². The van der Waals surface area contributed by atoms with Crippen LogP contribution in [0.5, 0.6) is 0 Å². The largest absolute Gasteiger partial charge is 0.411 e. The number of carbonyl (C=O) groups excluding carboxylic acids is 2. The Bertz CT molecular complexity index is 1600. The molecule has 3 rings (SSSR count). The molecule has 12 nitrogen and oxygen atoms in total. The standard InChI is InChI=1S/C34H48N6O6S2/c1-7-39(20-28-22-47-33(37-28)24(4)5)34(43)36-25(6)32(42)38-30(17-26-11-9-8-10-12-26)31(41)21-40(19-23(2)3)48(45,46)29-15-13-27(14-16-29)18-35-44/h8-16,18,22-25,30-31,41,44H,7,17,19-21H2,1-6H3,(H,36,43)(H,38,42)/b35-18+/t25-,30+,31?/m1/s1. The summed E-state index contributed by atoms with van der Waals surface area (Å²) in [6.45, 7) is 11.8. The van der Waals surface area contributed by atoms with Gasteiger partial charge in [0.25, 0.3) is 0 Å². The number of hydrogen-bond acceptors (Lipinski definition) is 9. The van der Waals surface area contributed by atoms with Crippen LogP contribution in [0.3, 0.4) is 0 Å². The third kappa shape index (κ3) is 11.1. The van der Waals surface area contributed by atoms with E-state index < -0.39 is 40.1 Å². The lowest BCUT2D eigenvalue weighted by Crippen LogP contribution is -2.56. The van der Waals surface area contributed by atoms with Gasteiger partial charge in [0.2, 0.25) is 15.9 Å². The molecule has 48 heavy (non-hydrogen) atoms. The predicted molar refractivity (Wildman–Crippen MR) is 188 cm³/mol. The van der Waals surface area contributed by atoms with E-state index in [-0.39, 0.29) is 36.2 Å². The molecule has 262 valence electrons. The number of aromatic nitrogens is 1. The number of amides is 3. The van der Waals surface area contributed by atoms with Crippen LogP contribution in [0.4, 0.5) is 4.79 Å². The van der Waals surface area contributed by atoms with Gasteiger partial charge in [-0.1, -0.05) is 75.3 Å². The first-order chi connectivity index (χ1) is 22.7. The average molecular weight is 701 g/mol. The highest BCUT2D eigenvalue weighted by molar-refractivity contribution is 7.89. The molecule has 4 N–H and O–H groups in total. The molecule has 3 aromatic rings. The Morgan fingerprint density at radius 3 is 2.23 bits per heavy atom. The summed E-state index contributed by atoms with van der Waals surface area (Å²) >= 11 is 1.55. The second-order valence-electron chi connectivity index (χ2n) is 12.4. The van der Waals surface area contributed by atoms with Crippen molar-refractivity contribution < 1.29 is 28.3 Å². The molecule has 0 aliphatic carbocycles. The van der Waals surface area contributed by atoms with Crippen molar-refractivity contribution in [3.63, 3.8) is 0 Å². The fraction of sp³-hybridized carbons (Fsp3) is 0.471. The minimum Gasteiger partial charge on any atom is -0.411 e. The van der Waals surface area contributed by atoms with E-state index in [1.165, 1.54) is 34.8 Å². The summed E-state index contributed by atoms with van der Waals surface area (Å²) in [5, 5.41) is 31.9. The van der Waals surface area contributed by atoms with Crippen molar-refractivity contribution in [2.24, 2.45) is 11.1 Å². The SMILES string of the molecule is CCN(Cc1csc(C(C)C)n1)C(=O)N[C@H](C)C(=O)N[C@@H](Cc1ccccc1)C(O)CN(CC(C)C)S(=O)(=O)c1ccc(/C=N/O)cc1. The van der Waals surface area contributed by atoms with E-state index in [0.29, 0.717) is 18.7 Å². The molecule has 1 unspecified atom stereocenters. The van der Waals surface area contributed by atoms with Gasteiger partial charge in [-0.25, -0.2) is 18.2 Å². The monoisotopic (exact) mass is 700 g/mol. The Labute approximate surface area is 287 Å². The Morgan fingerprint density at radius 2 is 1.67 bits per heavy atom. The Balaban J connectivity index is 1.78. The van der Waals surface area contributed by atoms with Crippen molar-refractivity contribution in [1.82, 2.24) is 24.8 Å². The normalized spacial score (nSPS) is 14.0. The van der Waals surface area contributed by atoms with Gasteiger partial charge in [0.1, 0.15) is 6.04 Å². The van der Waals surface area contributed by atoms with Crippen LogP contribution >= 0.6 is 11.3 Å². The average Bonchev–Trinajstić information content (AvgIpc) is 3.52. The van der Waals surface area contributed by atoms with E-state index in [2.05, 4.69) is 34.6 Å². The Morgan fingerprint density at radius 1 is 1.00 bits per heavy atom. The van der Waals surface area contributed by atoms with Crippen LogP contribution in [0.1, 0.15) is 69.3 Å². The maximum atomic E-state index is 13.8. The lowest BCUT2D eigenvalue weighted by atomic mass is 10.0. The molecule has 0 bridgehead atoms. The highest BCUT2D eigenvalue weighted by Gasteiger charge is 2.32. The van der Waals surface area contributed by atoms with Gasteiger partial charge in [0, 0.05) is 30.9 Å². The lowest BCUT2D eigenvalue weighted by molar-refractivity contribution is -0.124. The van der Waals surface area contributed by atoms with Crippen LogP contribution in [0.2, 0.25) is 0 Å². The number of aliphatic hydroxyl groups is 1. The van der Waals surface area contributed by atoms with Crippen LogP contribution in [0.15, 0.2) is 70.0 Å². The molecule has 0 aliphatic rings. The van der Waals surface area contributed by atoms with Gasteiger partial charge < -0.3 is 25.8 Å². The van der Waals surface area contributed by atoms with E-state index in [4.69, 9.17) is 5.21 Å². The summed E-state index contributed by atoms with van der Waals surface area (Å²) in [7, 11) is -4.04. The smallest absolute Gasteiger partial charge is 0.318 e. The minimum absolute atomic E-state index is 0.0176. The summed E-state index contributed by atoms with van der Waals surface area (Å²) in [4.78, 5) is 32.8. The zero-order chi connectivity index (χ0) is 35.4. The third-order valence-corrected chi connectivity index (χ3v) is 10.6. The molecule has 3 atom stereocenters. The minimum atomic E-state index is -4.04. The Kier molecular flexibility index (Phi) is 14.5. The number of rotatable bonds is 17. The molecular weight excluding hydrogens is 653 g/mol. The number of nitrogens with zero attached hydrogens (tertiary/aromatic N) is 4. The van der Waals surface area contributed by atoms with E-state index in [0.717, 1.165) is 16.3 Å². The van der Waals surface area contributed by atoms with E-state index in [1.54, 1.807) is 23.2 Å². The highest BCUT2D eigenvalue weighted by Crippen LogP contribution is 2.21. The summed E-state index contributed by atoms with van der Waals surface area (Å²) in [5.74, 6) is -0.296. The van der Waals surface area contributed by atoms with Gasteiger partial charge in [-0.3, -0.25) is 4.79 Å². The summed E-state index contributed by atoms with van der Waals surface area (Å²) in [6.07, 6.45) is 0.121. The third-order valence-electron chi connectivity index (χ3n) is 7.59. The first-order valence-corrected chi connectivity index (χ1v) is 18.4. The van der Waals surface area contributed by atoms with Gasteiger partial charge in [-0.2, -0.15) is 4.31 Å². The molecule has 14 heteroatoms. The summed E-state index contributed by atoms with van der Waals surface area (Å²) in [5.41, 5.74) is 2.13. The van der Waals surface area contributed by atoms with Gasteiger partial charge in [-0.15, -0.1) is 11.3 Å². The predicted octanol–water partition coefficient (Wildman–Crippen LogP) is 4.43. The first-order valence-electron chi connectivity index (χ1n) is 16.0. The van der Waals surface area contributed by atoms with Crippen molar-refractivity contribution in [2.75, 3.05) is 19.6 Å². The van der Waals surface area contributed by atoms with Crippen molar-refractivity contribution in [3.8, 4) is 0 Å². The molecule has 0 saturated heterocycles. The van der Waals surface area contributed by atoms with E-state index >= 15 is 0 Å². The first kappa shape index (κ1) is 38.6. The van der Waals surface area contributed by atoms with Gasteiger partial charge in [0.05, 0.1) is 40.5 Å². The van der Waals surface area contributed by atoms with E-state index in [1.807, 2.05) is 56.5 Å². The maximum Gasteiger partial charge on any atom is 0.318 e. The van der Waals surface area contributed by atoms with Crippen LogP contribution < -0.4 is 10.6 Å². The molecule has 1 aromatic heterocycles. The van der Waals surface area contributed by atoms with Crippen LogP contribution in [0.25, 0.3) is 0 Å². The van der Waals surface area contributed by atoms with Crippen molar-refractivity contribution >= 4 is 39.5 Å².